The predicted molar refractivity (Wildman–Crippen MR) is 95.4 cm³/mol. The lowest BCUT2D eigenvalue weighted by Gasteiger charge is -2.11. The van der Waals surface area contributed by atoms with Crippen LogP contribution in [0.5, 0.6) is 0 Å². The van der Waals surface area contributed by atoms with Gasteiger partial charge < -0.3 is 9.84 Å². The molecule has 2 aromatic heterocycles. The predicted octanol–water partition coefficient (Wildman–Crippen LogP) is 3.67. The molecule has 1 unspecified atom stereocenters. The largest absolute Gasteiger partial charge is 0.361 e. The normalized spacial score (nSPS) is 12.1. The number of hydrogen-bond donors (Lipinski definition) is 1. The maximum Gasteiger partial charge on any atom is 0.226 e. The van der Waals surface area contributed by atoms with Crippen molar-refractivity contribution >= 4 is 11.7 Å². The van der Waals surface area contributed by atoms with Gasteiger partial charge in [-0.25, -0.2) is 0 Å². The minimum absolute atomic E-state index is 0.0426. The van der Waals surface area contributed by atoms with Crippen molar-refractivity contribution in [3.63, 3.8) is 0 Å². The molecule has 0 fully saturated rings. The summed E-state index contributed by atoms with van der Waals surface area (Å²) in [6.07, 6.45) is 2.25. The highest BCUT2D eigenvalue weighted by molar-refractivity contribution is 5.90. The Kier molecular flexibility index (Phi) is 4.97. The topological polar surface area (TPSA) is 73.0 Å². The molecule has 0 spiro atoms. The van der Waals surface area contributed by atoms with Gasteiger partial charge in [-0.1, -0.05) is 42.4 Å². The van der Waals surface area contributed by atoms with Crippen LogP contribution in [0.15, 0.2) is 47.1 Å². The fourth-order valence-electron chi connectivity index (χ4n) is 2.78. The average molecular weight is 338 g/mol. The van der Waals surface area contributed by atoms with Crippen LogP contribution in [0.4, 0.5) is 5.82 Å². The Morgan fingerprint density at radius 1 is 1.24 bits per heavy atom. The van der Waals surface area contributed by atoms with Gasteiger partial charge in [0.1, 0.15) is 5.76 Å². The highest BCUT2D eigenvalue weighted by Crippen LogP contribution is 2.19. The quantitative estimate of drug-likeness (QED) is 0.744. The molecule has 1 amide bonds. The molecule has 130 valence electrons. The fourth-order valence-corrected chi connectivity index (χ4v) is 2.78. The Labute approximate surface area is 146 Å². The summed E-state index contributed by atoms with van der Waals surface area (Å²) in [5.74, 6) is 1.46. The van der Waals surface area contributed by atoms with Crippen LogP contribution < -0.4 is 5.32 Å². The lowest BCUT2D eigenvalue weighted by molar-refractivity contribution is -0.116. The summed E-state index contributed by atoms with van der Waals surface area (Å²) in [5.41, 5.74) is 3.02. The van der Waals surface area contributed by atoms with Gasteiger partial charge in [0.25, 0.3) is 0 Å². The van der Waals surface area contributed by atoms with E-state index in [4.69, 9.17) is 4.52 Å². The zero-order chi connectivity index (χ0) is 17.8. The van der Waals surface area contributed by atoms with Crippen molar-refractivity contribution < 1.29 is 9.32 Å². The van der Waals surface area contributed by atoms with Crippen molar-refractivity contribution in [3.05, 3.63) is 65.2 Å². The second-order valence-corrected chi connectivity index (χ2v) is 6.27. The Morgan fingerprint density at radius 3 is 2.68 bits per heavy atom. The van der Waals surface area contributed by atoms with Gasteiger partial charge in [-0.15, -0.1) is 0 Å². The van der Waals surface area contributed by atoms with Crippen molar-refractivity contribution in [2.45, 2.75) is 39.7 Å². The van der Waals surface area contributed by atoms with E-state index in [9.17, 15) is 4.79 Å². The number of nitrogens with one attached hydrogen (secondary N) is 1. The van der Waals surface area contributed by atoms with Gasteiger partial charge in [0.05, 0.1) is 12.2 Å². The number of anilines is 1. The van der Waals surface area contributed by atoms with Gasteiger partial charge in [-0.3, -0.25) is 9.48 Å². The highest BCUT2D eigenvalue weighted by atomic mass is 16.5. The number of hydrogen-bond acceptors (Lipinski definition) is 4. The second kappa shape index (κ2) is 7.34. The molecule has 0 aliphatic heterocycles. The van der Waals surface area contributed by atoms with Crippen molar-refractivity contribution in [1.82, 2.24) is 14.9 Å². The zero-order valence-electron chi connectivity index (χ0n) is 14.7. The molecule has 1 atom stereocenters. The number of nitrogens with zero attached hydrogens (tertiary/aromatic N) is 3. The van der Waals surface area contributed by atoms with Gasteiger partial charge in [0.15, 0.2) is 5.82 Å². The first-order valence-corrected chi connectivity index (χ1v) is 8.33. The smallest absolute Gasteiger partial charge is 0.226 e. The summed E-state index contributed by atoms with van der Waals surface area (Å²) in [7, 11) is 0. The monoisotopic (exact) mass is 338 g/mol. The molecule has 3 rings (SSSR count). The minimum atomic E-state index is -0.0426. The van der Waals surface area contributed by atoms with E-state index < -0.39 is 0 Å². The molecule has 2 heterocycles. The summed E-state index contributed by atoms with van der Waals surface area (Å²) < 4.78 is 6.93. The summed E-state index contributed by atoms with van der Waals surface area (Å²) >= 11 is 0. The van der Waals surface area contributed by atoms with Gasteiger partial charge in [0.2, 0.25) is 5.91 Å². The third-order valence-electron chi connectivity index (χ3n) is 4.27. The van der Waals surface area contributed by atoms with E-state index in [1.165, 1.54) is 0 Å². The number of carbonyl (C=O) groups excluding carboxylic acids is 1. The molecule has 0 saturated carbocycles. The first kappa shape index (κ1) is 17.0. The van der Waals surface area contributed by atoms with Crippen LogP contribution in [0.3, 0.4) is 0 Å². The number of amides is 1. The van der Waals surface area contributed by atoms with Gasteiger partial charge in [-0.05, 0) is 25.3 Å². The van der Waals surface area contributed by atoms with Gasteiger partial charge in [0, 0.05) is 24.2 Å². The van der Waals surface area contributed by atoms with E-state index in [0.29, 0.717) is 18.8 Å². The van der Waals surface area contributed by atoms with E-state index in [2.05, 4.69) is 15.6 Å². The van der Waals surface area contributed by atoms with Crippen LogP contribution in [0.2, 0.25) is 0 Å². The van der Waals surface area contributed by atoms with Crippen LogP contribution in [-0.2, 0) is 11.3 Å². The van der Waals surface area contributed by atoms with Gasteiger partial charge >= 0.3 is 0 Å². The minimum Gasteiger partial charge on any atom is -0.361 e. The highest BCUT2D eigenvalue weighted by Gasteiger charge is 2.13. The van der Waals surface area contributed by atoms with Crippen molar-refractivity contribution in [3.8, 4) is 0 Å². The van der Waals surface area contributed by atoms with Crippen molar-refractivity contribution in [1.29, 1.82) is 0 Å². The van der Waals surface area contributed by atoms with Crippen molar-refractivity contribution in [2.24, 2.45) is 0 Å². The Hall–Kier alpha value is -2.89. The fraction of sp³-hybridized carbons (Fsp3) is 0.316. The molecular formula is C19H22N4O2. The van der Waals surface area contributed by atoms with Gasteiger partial charge in [-0.2, -0.15) is 5.10 Å². The standard InChI is InChI=1S/C19H22N4O2/c1-13(16-7-5-4-6-8-16)11-19(24)20-18-9-10-23(21-18)12-17-14(2)22-25-15(17)3/h4-10,13H,11-12H2,1-3H3,(H,20,21,24). The van der Waals surface area contributed by atoms with E-state index in [0.717, 1.165) is 22.6 Å². The molecule has 0 bridgehead atoms. The Bertz CT molecular complexity index is 832. The molecule has 3 aromatic rings. The number of aromatic nitrogens is 3. The molecule has 0 radical (unpaired) electrons. The van der Waals surface area contributed by atoms with Crippen LogP contribution in [-0.4, -0.2) is 20.8 Å². The molecule has 6 heteroatoms. The van der Waals surface area contributed by atoms with Crippen molar-refractivity contribution in [2.75, 3.05) is 5.32 Å². The van der Waals surface area contributed by atoms with Crippen LogP contribution in [0, 0.1) is 13.8 Å². The Balaban J connectivity index is 1.58. The molecule has 0 saturated heterocycles. The number of aryl methyl sites for hydroxylation is 2. The molecule has 1 N–H and O–H groups in total. The molecule has 1 aromatic carbocycles. The second-order valence-electron chi connectivity index (χ2n) is 6.27. The van der Waals surface area contributed by atoms with Crippen LogP contribution >= 0.6 is 0 Å². The lowest BCUT2D eigenvalue weighted by atomic mass is 9.98. The van der Waals surface area contributed by atoms with E-state index in [1.807, 2.05) is 57.3 Å². The van der Waals surface area contributed by atoms with E-state index in [-0.39, 0.29) is 11.8 Å². The SMILES string of the molecule is Cc1noc(C)c1Cn1ccc(NC(=O)CC(C)c2ccccc2)n1. The molecular weight excluding hydrogens is 316 g/mol. The maximum atomic E-state index is 12.2. The molecule has 0 aliphatic carbocycles. The zero-order valence-corrected chi connectivity index (χ0v) is 14.7. The first-order valence-electron chi connectivity index (χ1n) is 8.33. The summed E-state index contributed by atoms with van der Waals surface area (Å²) in [6.45, 7) is 6.40. The molecule has 25 heavy (non-hydrogen) atoms. The summed E-state index contributed by atoms with van der Waals surface area (Å²) in [4.78, 5) is 12.2. The third-order valence-corrected chi connectivity index (χ3v) is 4.27. The lowest BCUT2D eigenvalue weighted by Crippen LogP contribution is -2.15. The number of benzene rings is 1. The Morgan fingerprint density at radius 2 is 2.00 bits per heavy atom. The third kappa shape index (κ3) is 4.15. The number of rotatable bonds is 6. The first-order chi connectivity index (χ1) is 12.0. The molecule has 0 aliphatic rings. The van der Waals surface area contributed by atoms with Crippen LogP contribution in [0.1, 0.15) is 41.8 Å². The van der Waals surface area contributed by atoms with E-state index >= 15 is 0 Å². The van der Waals surface area contributed by atoms with E-state index in [1.54, 1.807) is 10.7 Å². The summed E-state index contributed by atoms with van der Waals surface area (Å²) in [5, 5.41) is 11.2. The number of carbonyl (C=O) groups is 1. The average Bonchev–Trinajstić information content (AvgIpc) is 3.17. The molecule has 6 nitrogen and oxygen atoms in total. The maximum absolute atomic E-state index is 12.2. The van der Waals surface area contributed by atoms with Crippen LogP contribution in [0.25, 0.3) is 0 Å². The summed E-state index contributed by atoms with van der Waals surface area (Å²) in [6, 6.07) is 11.8.